The topological polar surface area (TPSA) is 61.4 Å². The summed E-state index contributed by atoms with van der Waals surface area (Å²) < 4.78 is 28.7. The molecule has 0 aromatic carbocycles. The Labute approximate surface area is 112 Å². The number of hydrogen-bond acceptors (Lipinski definition) is 3. The molecule has 0 spiro atoms. The van der Waals surface area contributed by atoms with Gasteiger partial charge in [0, 0.05) is 19.1 Å². The van der Waals surface area contributed by atoms with Crippen molar-refractivity contribution in [1.82, 2.24) is 14.3 Å². The molecule has 0 aliphatic carbocycles. The van der Waals surface area contributed by atoms with Crippen molar-refractivity contribution < 1.29 is 8.42 Å². The van der Waals surface area contributed by atoms with Crippen LogP contribution in [0, 0.1) is 5.92 Å². The minimum atomic E-state index is -3.32. The van der Waals surface area contributed by atoms with E-state index in [-0.39, 0.29) is 6.04 Å². The van der Waals surface area contributed by atoms with Crippen molar-refractivity contribution in [2.75, 3.05) is 26.2 Å². The van der Waals surface area contributed by atoms with E-state index in [1.165, 1.54) is 0 Å². The number of rotatable bonds is 7. The van der Waals surface area contributed by atoms with E-state index in [9.17, 15) is 8.42 Å². The maximum absolute atomic E-state index is 12.2. The molecule has 0 saturated carbocycles. The molecule has 1 heterocycles. The van der Waals surface area contributed by atoms with Crippen molar-refractivity contribution in [3.8, 4) is 0 Å². The second kappa shape index (κ2) is 7.43. The van der Waals surface area contributed by atoms with Crippen molar-refractivity contribution in [1.29, 1.82) is 0 Å². The molecule has 0 aromatic heterocycles. The van der Waals surface area contributed by atoms with E-state index in [0.717, 1.165) is 32.4 Å². The van der Waals surface area contributed by atoms with E-state index in [4.69, 9.17) is 0 Å². The minimum absolute atomic E-state index is 0.00856. The van der Waals surface area contributed by atoms with E-state index in [1.54, 1.807) is 4.31 Å². The quantitative estimate of drug-likeness (QED) is 0.728. The van der Waals surface area contributed by atoms with Gasteiger partial charge in [0.05, 0.1) is 0 Å². The number of nitrogens with zero attached hydrogens (tertiary/aromatic N) is 1. The van der Waals surface area contributed by atoms with Gasteiger partial charge in [-0.25, -0.2) is 4.72 Å². The molecule has 18 heavy (non-hydrogen) atoms. The molecule has 1 aliphatic rings. The molecule has 0 bridgehead atoms. The van der Waals surface area contributed by atoms with Crippen LogP contribution in [-0.4, -0.2) is 44.9 Å². The molecular weight excluding hydrogens is 250 g/mol. The molecule has 0 radical (unpaired) electrons. The molecule has 0 unspecified atom stereocenters. The average Bonchev–Trinajstić information content (AvgIpc) is 2.34. The van der Waals surface area contributed by atoms with Gasteiger partial charge in [-0.15, -0.1) is 0 Å². The van der Waals surface area contributed by atoms with Gasteiger partial charge >= 0.3 is 0 Å². The second-order valence-electron chi connectivity index (χ2n) is 5.26. The highest BCUT2D eigenvalue weighted by Gasteiger charge is 2.27. The van der Waals surface area contributed by atoms with Gasteiger partial charge in [-0.1, -0.05) is 6.92 Å². The molecule has 108 valence electrons. The number of nitrogens with one attached hydrogen (secondary N) is 2. The van der Waals surface area contributed by atoms with Crippen molar-refractivity contribution in [3.63, 3.8) is 0 Å². The van der Waals surface area contributed by atoms with Crippen LogP contribution in [0.15, 0.2) is 0 Å². The minimum Gasteiger partial charge on any atom is -0.317 e. The molecule has 0 atom stereocenters. The van der Waals surface area contributed by atoms with Crippen LogP contribution in [0.1, 0.15) is 40.0 Å². The van der Waals surface area contributed by atoms with Crippen LogP contribution in [0.3, 0.4) is 0 Å². The van der Waals surface area contributed by atoms with Crippen LogP contribution < -0.4 is 10.0 Å². The molecule has 0 amide bonds. The summed E-state index contributed by atoms with van der Waals surface area (Å²) in [5, 5.41) is 3.31. The molecule has 5 nitrogen and oxygen atoms in total. The third-order valence-electron chi connectivity index (χ3n) is 3.32. The first kappa shape index (κ1) is 15.9. The van der Waals surface area contributed by atoms with Gasteiger partial charge in [0.25, 0.3) is 10.2 Å². The highest BCUT2D eigenvalue weighted by Crippen LogP contribution is 2.17. The number of piperidine rings is 1. The summed E-state index contributed by atoms with van der Waals surface area (Å²) in [5.41, 5.74) is 0. The van der Waals surface area contributed by atoms with Gasteiger partial charge in [0.1, 0.15) is 0 Å². The Morgan fingerprint density at radius 3 is 2.44 bits per heavy atom. The molecule has 0 aromatic rings. The highest BCUT2D eigenvalue weighted by atomic mass is 32.2. The smallest absolute Gasteiger partial charge is 0.279 e. The summed E-state index contributed by atoms with van der Waals surface area (Å²) in [6.07, 6.45) is 2.94. The maximum Gasteiger partial charge on any atom is 0.279 e. The van der Waals surface area contributed by atoms with Crippen LogP contribution in [0.25, 0.3) is 0 Å². The summed E-state index contributed by atoms with van der Waals surface area (Å²) in [7, 11) is -3.32. The Kier molecular flexibility index (Phi) is 6.55. The first-order chi connectivity index (χ1) is 8.47. The Bertz CT molecular complexity index is 324. The largest absolute Gasteiger partial charge is 0.317 e. The van der Waals surface area contributed by atoms with E-state index >= 15 is 0 Å². The van der Waals surface area contributed by atoms with Crippen molar-refractivity contribution in [2.45, 2.75) is 46.1 Å². The fourth-order valence-electron chi connectivity index (χ4n) is 2.22. The average molecular weight is 277 g/mol. The summed E-state index contributed by atoms with van der Waals surface area (Å²) in [6.45, 7) is 8.99. The lowest BCUT2D eigenvalue weighted by Gasteiger charge is -2.31. The van der Waals surface area contributed by atoms with E-state index in [2.05, 4.69) is 10.0 Å². The lowest BCUT2D eigenvalue weighted by atomic mass is 9.98. The molecule has 2 N–H and O–H groups in total. The summed E-state index contributed by atoms with van der Waals surface area (Å²) >= 11 is 0. The van der Waals surface area contributed by atoms with E-state index in [0.29, 0.717) is 19.0 Å². The predicted molar refractivity (Wildman–Crippen MR) is 74.6 cm³/mol. The summed E-state index contributed by atoms with van der Waals surface area (Å²) in [6, 6.07) is 0.00856. The zero-order valence-corrected chi connectivity index (χ0v) is 12.6. The van der Waals surface area contributed by atoms with E-state index < -0.39 is 10.2 Å². The summed E-state index contributed by atoms with van der Waals surface area (Å²) in [4.78, 5) is 0. The Hall–Kier alpha value is -0.170. The zero-order chi connectivity index (χ0) is 13.6. The zero-order valence-electron chi connectivity index (χ0n) is 11.8. The van der Waals surface area contributed by atoms with Gasteiger partial charge in [-0.05, 0) is 52.1 Å². The Balaban J connectivity index is 2.63. The third kappa shape index (κ3) is 4.84. The molecular formula is C12H27N3O2S. The van der Waals surface area contributed by atoms with Crippen molar-refractivity contribution in [2.24, 2.45) is 5.92 Å². The van der Waals surface area contributed by atoms with Gasteiger partial charge in [0.2, 0.25) is 0 Å². The molecule has 1 rings (SSSR count). The Morgan fingerprint density at radius 2 is 1.94 bits per heavy atom. The second-order valence-corrected chi connectivity index (χ2v) is 6.96. The lowest BCUT2D eigenvalue weighted by molar-refractivity contribution is 0.258. The van der Waals surface area contributed by atoms with E-state index in [1.807, 2.05) is 20.8 Å². The molecule has 1 fully saturated rings. The number of hydrogen-bond donors (Lipinski definition) is 2. The molecule has 6 heteroatoms. The maximum atomic E-state index is 12.2. The first-order valence-electron chi connectivity index (χ1n) is 6.94. The lowest BCUT2D eigenvalue weighted by Crippen LogP contribution is -2.48. The van der Waals surface area contributed by atoms with Crippen LogP contribution in [0.4, 0.5) is 0 Å². The van der Waals surface area contributed by atoms with Crippen LogP contribution in [-0.2, 0) is 10.2 Å². The Morgan fingerprint density at radius 1 is 1.33 bits per heavy atom. The normalized spacial score (nSPS) is 18.7. The van der Waals surface area contributed by atoms with Crippen LogP contribution in [0.5, 0.6) is 0 Å². The highest BCUT2D eigenvalue weighted by molar-refractivity contribution is 7.87. The van der Waals surface area contributed by atoms with Gasteiger partial charge in [-0.3, -0.25) is 0 Å². The van der Waals surface area contributed by atoms with Gasteiger partial charge < -0.3 is 5.32 Å². The molecule has 1 saturated heterocycles. The van der Waals surface area contributed by atoms with Crippen LogP contribution >= 0.6 is 0 Å². The first-order valence-corrected chi connectivity index (χ1v) is 8.38. The molecule has 1 aliphatic heterocycles. The fourth-order valence-corrected chi connectivity index (χ4v) is 3.81. The standard InChI is InChI=1S/C12H27N3O2S/c1-4-7-14-18(16,17)15(11(2)3)10-12-5-8-13-9-6-12/h11-14H,4-10H2,1-3H3. The van der Waals surface area contributed by atoms with Gasteiger partial charge in [0.15, 0.2) is 0 Å². The third-order valence-corrected chi connectivity index (χ3v) is 5.07. The van der Waals surface area contributed by atoms with Crippen molar-refractivity contribution in [3.05, 3.63) is 0 Å². The predicted octanol–water partition coefficient (Wildman–Crippen LogP) is 0.941. The van der Waals surface area contributed by atoms with Gasteiger partial charge in [-0.2, -0.15) is 12.7 Å². The monoisotopic (exact) mass is 277 g/mol. The van der Waals surface area contributed by atoms with Crippen molar-refractivity contribution >= 4 is 10.2 Å². The van der Waals surface area contributed by atoms with Crippen LogP contribution in [0.2, 0.25) is 0 Å². The fraction of sp³-hybridized carbons (Fsp3) is 1.00. The summed E-state index contributed by atoms with van der Waals surface area (Å²) in [5.74, 6) is 0.479. The SMILES string of the molecule is CCCNS(=O)(=O)N(CC1CCNCC1)C(C)C.